The minimum absolute atomic E-state index is 0.0480. The van der Waals surface area contributed by atoms with Gasteiger partial charge in [-0.15, -0.1) is 0 Å². The highest BCUT2D eigenvalue weighted by Gasteiger charge is 2.12. The lowest BCUT2D eigenvalue weighted by Gasteiger charge is -2.11. The van der Waals surface area contributed by atoms with E-state index in [1.54, 1.807) is 0 Å². The molecule has 0 bridgehead atoms. The highest BCUT2D eigenvalue weighted by molar-refractivity contribution is 6.35. The molecule has 1 N–H and O–H groups in total. The van der Waals surface area contributed by atoms with Gasteiger partial charge in [0.15, 0.2) is 6.61 Å². The van der Waals surface area contributed by atoms with Crippen molar-refractivity contribution >= 4 is 35.1 Å². The quantitative estimate of drug-likeness (QED) is 0.851. The van der Waals surface area contributed by atoms with Crippen LogP contribution in [0.2, 0.25) is 10.0 Å². The SMILES string of the molecule is CC[C@@H](C)NC(=O)COC(=O)c1cc(Cl)cc(Cl)c1. The summed E-state index contributed by atoms with van der Waals surface area (Å²) < 4.78 is 4.88. The van der Waals surface area contributed by atoms with E-state index in [4.69, 9.17) is 27.9 Å². The fourth-order valence-corrected chi connectivity index (χ4v) is 1.83. The number of esters is 1. The molecule has 0 aliphatic rings. The number of hydrogen-bond donors (Lipinski definition) is 1. The predicted molar refractivity (Wildman–Crippen MR) is 74.6 cm³/mol. The Hall–Kier alpha value is -1.26. The van der Waals surface area contributed by atoms with Gasteiger partial charge in [-0.1, -0.05) is 30.1 Å². The van der Waals surface area contributed by atoms with E-state index in [1.165, 1.54) is 18.2 Å². The van der Waals surface area contributed by atoms with Gasteiger partial charge in [0.05, 0.1) is 5.56 Å². The van der Waals surface area contributed by atoms with Crippen molar-refractivity contribution in [2.45, 2.75) is 26.3 Å². The number of hydrogen-bond acceptors (Lipinski definition) is 3. The third-order valence-electron chi connectivity index (χ3n) is 2.45. The van der Waals surface area contributed by atoms with Crippen LogP contribution in [-0.4, -0.2) is 24.5 Å². The number of halogens is 2. The Morgan fingerprint density at radius 1 is 1.26 bits per heavy atom. The van der Waals surface area contributed by atoms with Crippen LogP contribution in [0.1, 0.15) is 30.6 Å². The molecule has 1 aromatic rings. The average Bonchev–Trinajstić information content (AvgIpc) is 2.34. The van der Waals surface area contributed by atoms with Gasteiger partial charge in [0.2, 0.25) is 0 Å². The molecule has 0 saturated carbocycles. The molecule has 1 amide bonds. The molecule has 0 aromatic heterocycles. The summed E-state index contributed by atoms with van der Waals surface area (Å²) in [5, 5.41) is 3.36. The Kier molecular flexibility index (Phi) is 6.12. The second-order valence-electron chi connectivity index (χ2n) is 4.11. The highest BCUT2D eigenvalue weighted by atomic mass is 35.5. The maximum absolute atomic E-state index is 11.7. The van der Waals surface area contributed by atoms with Gasteiger partial charge in [0.25, 0.3) is 5.91 Å². The van der Waals surface area contributed by atoms with Gasteiger partial charge in [-0.2, -0.15) is 0 Å². The third-order valence-corrected chi connectivity index (χ3v) is 2.89. The zero-order valence-electron chi connectivity index (χ0n) is 10.7. The van der Waals surface area contributed by atoms with Gasteiger partial charge >= 0.3 is 5.97 Å². The summed E-state index contributed by atoms with van der Waals surface area (Å²) in [5.74, 6) is -0.973. The van der Waals surface area contributed by atoms with E-state index in [1.807, 2.05) is 13.8 Å². The summed E-state index contributed by atoms with van der Waals surface area (Å²) in [5.41, 5.74) is 0.217. The zero-order valence-corrected chi connectivity index (χ0v) is 12.2. The first kappa shape index (κ1) is 15.8. The number of carbonyl (C=O) groups excluding carboxylic acids is 2. The lowest BCUT2D eigenvalue weighted by molar-refractivity contribution is -0.124. The van der Waals surface area contributed by atoms with E-state index in [0.717, 1.165) is 6.42 Å². The van der Waals surface area contributed by atoms with Gasteiger partial charge in [0.1, 0.15) is 0 Å². The van der Waals surface area contributed by atoms with E-state index in [9.17, 15) is 9.59 Å². The number of carbonyl (C=O) groups is 2. The maximum Gasteiger partial charge on any atom is 0.338 e. The fourth-order valence-electron chi connectivity index (χ4n) is 1.30. The van der Waals surface area contributed by atoms with Crippen LogP contribution in [0.3, 0.4) is 0 Å². The molecule has 1 rings (SSSR count). The van der Waals surface area contributed by atoms with Gasteiger partial charge in [-0.3, -0.25) is 4.79 Å². The van der Waals surface area contributed by atoms with Crippen molar-refractivity contribution in [2.75, 3.05) is 6.61 Å². The Morgan fingerprint density at radius 2 is 1.84 bits per heavy atom. The zero-order chi connectivity index (χ0) is 14.4. The van der Waals surface area contributed by atoms with Crippen molar-refractivity contribution in [3.8, 4) is 0 Å². The van der Waals surface area contributed by atoms with Crippen LogP contribution in [0.15, 0.2) is 18.2 Å². The summed E-state index contributed by atoms with van der Waals surface area (Å²) >= 11 is 11.5. The number of ether oxygens (including phenoxy) is 1. The largest absolute Gasteiger partial charge is 0.452 e. The minimum atomic E-state index is -0.635. The topological polar surface area (TPSA) is 55.4 Å². The van der Waals surface area contributed by atoms with E-state index < -0.39 is 5.97 Å². The Labute approximate surface area is 122 Å². The maximum atomic E-state index is 11.7. The number of nitrogens with one attached hydrogen (secondary N) is 1. The molecule has 1 atom stereocenters. The molecule has 0 saturated heterocycles. The van der Waals surface area contributed by atoms with Crippen LogP contribution in [-0.2, 0) is 9.53 Å². The van der Waals surface area contributed by atoms with E-state index in [2.05, 4.69) is 5.32 Å². The van der Waals surface area contributed by atoms with Crippen LogP contribution in [0.4, 0.5) is 0 Å². The van der Waals surface area contributed by atoms with Crippen LogP contribution < -0.4 is 5.32 Å². The first-order chi connectivity index (χ1) is 8.92. The Bertz CT molecular complexity index is 457. The summed E-state index contributed by atoms with van der Waals surface area (Å²) in [4.78, 5) is 23.1. The summed E-state index contributed by atoms with van der Waals surface area (Å²) in [6.45, 7) is 3.49. The first-order valence-electron chi connectivity index (χ1n) is 5.85. The Balaban J connectivity index is 2.53. The summed E-state index contributed by atoms with van der Waals surface area (Å²) in [6, 6.07) is 4.42. The van der Waals surface area contributed by atoms with E-state index >= 15 is 0 Å². The monoisotopic (exact) mass is 303 g/mol. The molecule has 0 aliphatic heterocycles. The van der Waals surface area contributed by atoms with E-state index in [0.29, 0.717) is 10.0 Å². The van der Waals surface area contributed by atoms with Crippen molar-refractivity contribution in [1.29, 1.82) is 0 Å². The second kappa shape index (κ2) is 7.36. The molecule has 0 spiro atoms. The molecule has 104 valence electrons. The van der Waals surface area contributed by atoms with Crippen molar-refractivity contribution in [3.63, 3.8) is 0 Å². The van der Waals surface area contributed by atoms with Crippen molar-refractivity contribution < 1.29 is 14.3 Å². The van der Waals surface area contributed by atoms with Crippen molar-refractivity contribution in [3.05, 3.63) is 33.8 Å². The number of benzene rings is 1. The predicted octanol–water partition coefficient (Wildman–Crippen LogP) is 3.06. The van der Waals surface area contributed by atoms with Crippen molar-refractivity contribution in [1.82, 2.24) is 5.32 Å². The molecule has 0 fully saturated rings. The van der Waals surface area contributed by atoms with Crippen molar-refractivity contribution in [2.24, 2.45) is 0 Å². The molecule has 1 aromatic carbocycles. The Morgan fingerprint density at radius 3 is 2.37 bits per heavy atom. The lowest BCUT2D eigenvalue weighted by Crippen LogP contribution is -2.35. The van der Waals surface area contributed by atoms with Crippen LogP contribution in [0.25, 0.3) is 0 Å². The van der Waals surface area contributed by atoms with Gasteiger partial charge in [0, 0.05) is 16.1 Å². The smallest absolute Gasteiger partial charge is 0.338 e. The molecule has 0 unspecified atom stereocenters. The van der Waals surface area contributed by atoms with E-state index in [-0.39, 0.29) is 24.1 Å². The normalized spacial score (nSPS) is 11.8. The summed E-state index contributed by atoms with van der Waals surface area (Å²) in [6.07, 6.45) is 0.809. The molecular formula is C13H15Cl2NO3. The number of rotatable bonds is 5. The molecular weight excluding hydrogens is 289 g/mol. The molecule has 6 heteroatoms. The van der Waals surface area contributed by atoms with Gasteiger partial charge < -0.3 is 10.1 Å². The van der Waals surface area contributed by atoms with Crippen LogP contribution in [0, 0.1) is 0 Å². The van der Waals surface area contributed by atoms with Crippen LogP contribution >= 0.6 is 23.2 Å². The average molecular weight is 304 g/mol. The lowest BCUT2D eigenvalue weighted by atomic mass is 10.2. The standard InChI is InChI=1S/C13H15Cl2NO3/c1-3-8(2)16-12(17)7-19-13(18)9-4-10(14)6-11(15)5-9/h4-6,8H,3,7H2,1-2H3,(H,16,17)/t8-/m1/s1. The van der Waals surface area contributed by atoms with Gasteiger partial charge in [-0.25, -0.2) is 4.79 Å². The first-order valence-corrected chi connectivity index (χ1v) is 6.60. The molecule has 0 radical (unpaired) electrons. The third kappa shape index (κ3) is 5.49. The minimum Gasteiger partial charge on any atom is -0.452 e. The fraction of sp³-hybridized carbons (Fsp3) is 0.385. The number of amides is 1. The molecule has 0 aliphatic carbocycles. The molecule has 19 heavy (non-hydrogen) atoms. The molecule has 4 nitrogen and oxygen atoms in total. The molecule has 0 heterocycles. The van der Waals surface area contributed by atoms with Crippen LogP contribution in [0.5, 0.6) is 0 Å². The second-order valence-corrected chi connectivity index (χ2v) is 4.98. The highest BCUT2D eigenvalue weighted by Crippen LogP contribution is 2.19. The summed E-state index contributed by atoms with van der Waals surface area (Å²) in [7, 11) is 0. The van der Waals surface area contributed by atoms with Gasteiger partial charge in [-0.05, 0) is 31.5 Å².